The zero-order valence-electron chi connectivity index (χ0n) is 10.2. The Morgan fingerprint density at radius 2 is 2.16 bits per heavy atom. The SMILES string of the molecule is CS(=O)(=O)CCC(=O)NCCn1cc(C(=O)O)nn1. The quantitative estimate of drug-likeness (QED) is 0.626. The number of aromatic nitrogens is 3. The summed E-state index contributed by atoms with van der Waals surface area (Å²) >= 11 is 0. The van der Waals surface area contributed by atoms with Gasteiger partial charge in [0.15, 0.2) is 5.69 Å². The molecule has 0 aliphatic rings. The second-order valence-corrected chi connectivity index (χ2v) is 6.16. The third-order valence-electron chi connectivity index (χ3n) is 2.12. The highest BCUT2D eigenvalue weighted by Crippen LogP contribution is 1.92. The molecule has 2 N–H and O–H groups in total. The van der Waals surface area contributed by atoms with E-state index in [0.29, 0.717) is 0 Å². The molecule has 0 saturated heterocycles. The van der Waals surface area contributed by atoms with Crippen molar-refractivity contribution in [2.24, 2.45) is 0 Å². The maximum atomic E-state index is 11.3. The van der Waals surface area contributed by atoms with Crippen LogP contribution in [0.5, 0.6) is 0 Å². The van der Waals surface area contributed by atoms with E-state index in [1.807, 2.05) is 0 Å². The van der Waals surface area contributed by atoms with Crippen molar-refractivity contribution in [2.45, 2.75) is 13.0 Å². The lowest BCUT2D eigenvalue weighted by atomic mass is 10.4. The molecule has 1 aromatic rings. The normalized spacial score (nSPS) is 11.2. The van der Waals surface area contributed by atoms with Gasteiger partial charge in [0, 0.05) is 19.2 Å². The van der Waals surface area contributed by atoms with Crippen LogP contribution in [0.2, 0.25) is 0 Å². The molecule has 0 radical (unpaired) electrons. The molecule has 0 bridgehead atoms. The lowest BCUT2D eigenvalue weighted by Crippen LogP contribution is -2.28. The van der Waals surface area contributed by atoms with Gasteiger partial charge in [-0.1, -0.05) is 5.21 Å². The van der Waals surface area contributed by atoms with Crippen LogP contribution >= 0.6 is 0 Å². The van der Waals surface area contributed by atoms with E-state index >= 15 is 0 Å². The van der Waals surface area contributed by atoms with Crippen molar-refractivity contribution in [1.82, 2.24) is 20.3 Å². The molecule has 0 spiro atoms. The third kappa shape index (κ3) is 5.95. The van der Waals surface area contributed by atoms with Gasteiger partial charge in [-0.2, -0.15) is 0 Å². The molecule has 1 rings (SSSR count). The summed E-state index contributed by atoms with van der Waals surface area (Å²) in [5.41, 5.74) is -0.177. The first-order valence-electron chi connectivity index (χ1n) is 5.36. The molecular formula is C9H14N4O5S. The van der Waals surface area contributed by atoms with Gasteiger partial charge >= 0.3 is 5.97 Å². The minimum Gasteiger partial charge on any atom is -0.476 e. The van der Waals surface area contributed by atoms with Crippen LogP contribution in [0.15, 0.2) is 6.20 Å². The van der Waals surface area contributed by atoms with Crippen molar-refractivity contribution in [3.05, 3.63) is 11.9 Å². The summed E-state index contributed by atoms with van der Waals surface area (Å²) in [6, 6.07) is 0. The average Bonchev–Trinajstić information content (AvgIpc) is 2.74. The predicted octanol–water partition coefficient (Wildman–Crippen LogP) is -1.47. The number of rotatable bonds is 7. The Bertz CT molecular complexity index is 565. The Morgan fingerprint density at radius 3 is 2.68 bits per heavy atom. The number of hydrogen-bond donors (Lipinski definition) is 2. The van der Waals surface area contributed by atoms with Crippen LogP contribution in [0, 0.1) is 0 Å². The van der Waals surface area contributed by atoms with Gasteiger partial charge in [0.05, 0.1) is 18.5 Å². The van der Waals surface area contributed by atoms with Gasteiger partial charge in [-0.15, -0.1) is 5.10 Å². The average molecular weight is 290 g/mol. The van der Waals surface area contributed by atoms with E-state index in [1.165, 1.54) is 10.9 Å². The summed E-state index contributed by atoms with van der Waals surface area (Å²) in [6.07, 6.45) is 2.20. The number of sulfone groups is 1. The van der Waals surface area contributed by atoms with Crippen molar-refractivity contribution < 1.29 is 23.1 Å². The number of carbonyl (C=O) groups is 2. The van der Waals surface area contributed by atoms with E-state index in [4.69, 9.17) is 5.11 Å². The predicted molar refractivity (Wildman–Crippen MR) is 64.3 cm³/mol. The Balaban J connectivity index is 2.29. The number of carbonyl (C=O) groups excluding carboxylic acids is 1. The first-order valence-corrected chi connectivity index (χ1v) is 7.42. The standard InChI is InChI=1S/C9H14N4O5S/c1-19(17,18)5-2-8(14)10-3-4-13-6-7(9(15)16)11-12-13/h6H,2-5H2,1H3,(H,10,14)(H,15,16). The monoisotopic (exact) mass is 290 g/mol. The van der Waals surface area contributed by atoms with Gasteiger partial charge in [-0.05, 0) is 0 Å². The zero-order chi connectivity index (χ0) is 14.5. The summed E-state index contributed by atoms with van der Waals surface area (Å²) in [5, 5.41) is 18.1. The molecule has 0 unspecified atom stereocenters. The highest BCUT2D eigenvalue weighted by Gasteiger charge is 2.09. The Morgan fingerprint density at radius 1 is 1.47 bits per heavy atom. The fraction of sp³-hybridized carbons (Fsp3) is 0.556. The number of amides is 1. The van der Waals surface area contributed by atoms with Crippen LogP contribution in [0.25, 0.3) is 0 Å². The number of nitrogens with one attached hydrogen (secondary N) is 1. The summed E-state index contributed by atoms with van der Waals surface area (Å²) < 4.78 is 23.0. The molecule has 10 heteroatoms. The minimum absolute atomic E-state index is 0.101. The van der Waals surface area contributed by atoms with E-state index in [0.717, 1.165) is 6.26 Å². The smallest absolute Gasteiger partial charge is 0.358 e. The Hall–Kier alpha value is -1.97. The van der Waals surface area contributed by atoms with Crippen molar-refractivity contribution in [3.8, 4) is 0 Å². The molecule has 0 aromatic carbocycles. The van der Waals surface area contributed by atoms with E-state index in [-0.39, 0.29) is 36.9 Å². The molecule has 9 nitrogen and oxygen atoms in total. The molecule has 1 heterocycles. The van der Waals surface area contributed by atoms with Gasteiger partial charge < -0.3 is 10.4 Å². The molecule has 106 valence electrons. The van der Waals surface area contributed by atoms with Crippen molar-refractivity contribution in [3.63, 3.8) is 0 Å². The van der Waals surface area contributed by atoms with Crippen molar-refractivity contribution >= 4 is 21.7 Å². The number of hydrogen-bond acceptors (Lipinski definition) is 6. The minimum atomic E-state index is -3.16. The number of carboxylic acid groups (broad SMARTS) is 1. The lowest BCUT2D eigenvalue weighted by molar-refractivity contribution is -0.120. The van der Waals surface area contributed by atoms with E-state index in [1.54, 1.807) is 0 Å². The van der Waals surface area contributed by atoms with Crippen molar-refractivity contribution in [1.29, 1.82) is 0 Å². The molecule has 0 fully saturated rings. The molecular weight excluding hydrogens is 276 g/mol. The number of aromatic carboxylic acids is 1. The zero-order valence-corrected chi connectivity index (χ0v) is 11.1. The Kier molecular flexibility index (Phi) is 4.98. The highest BCUT2D eigenvalue weighted by molar-refractivity contribution is 7.90. The molecule has 1 aromatic heterocycles. The molecule has 0 aliphatic carbocycles. The highest BCUT2D eigenvalue weighted by atomic mass is 32.2. The maximum Gasteiger partial charge on any atom is 0.358 e. The maximum absolute atomic E-state index is 11.3. The second-order valence-electron chi connectivity index (χ2n) is 3.90. The van der Waals surface area contributed by atoms with E-state index in [2.05, 4.69) is 15.6 Å². The summed E-state index contributed by atoms with van der Waals surface area (Å²) in [5.74, 6) is -1.77. The van der Waals surface area contributed by atoms with Crippen LogP contribution in [0.1, 0.15) is 16.9 Å². The van der Waals surface area contributed by atoms with Crippen LogP contribution < -0.4 is 5.32 Å². The van der Waals surface area contributed by atoms with Gasteiger partial charge in [0.2, 0.25) is 5.91 Å². The lowest BCUT2D eigenvalue weighted by Gasteiger charge is -2.04. The summed E-state index contributed by atoms with van der Waals surface area (Å²) in [4.78, 5) is 21.8. The first-order chi connectivity index (χ1) is 8.78. The topological polar surface area (TPSA) is 131 Å². The fourth-order valence-corrected chi connectivity index (χ4v) is 1.74. The van der Waals surface area contributed by atoms with Gasteiger partial charge in [-0.25, -0.2) is 17.9 Å². The molecule has 0 saturated carbocycles. The molecule has 0 aliphatic heterocycles. The second kappa shape index (κ2) is 6.27. The van der Waals surface area contributed by atoms with Gasteiger partial charge in [-0.3, -0.25) is 4.79 Å². The molecule has 19 heavy (non-hydrogen) atoms. The number of carboxylic acids is 1. The fourth-order valence-electron chi connectivity index (χ4n) is 1.18. The van der Waals surface area contributed by atoms with E-state index in [9.17, 15) is 18.0 Å². The Labute approximate surface area is 109 Å². The summed E-state index contributed by atoms with van der Waals surface area (Å²) in [6.45, 7) is 0.468. The first kappa shape index (κ1) is 15.1. The van der Waals surface area contributed by atoms with Crippen LogP contribution in [-0.4, -0.2) is 58.9 Å². The van der Waals surface area contributed by atoms with Crippen LogP contribution in [-0.2, 0) is 21.2 Å². The van der Waals surface area contributed by atoms with E-state index < -0.39 is 15.8 Å². The third-order valence-corrected chi connectivity index (χ3v) is 3.07. The van der Waals surface area contributed by atoms with Gasteiger partial charge in [0.1, 0.15) is 9.84 Å². The summed E-state index contributed by atoms with van der Waals surface area (Å²) in [7, 11) is -3.16. The van der Waals surface area contributed by atoms with Gasteiger partial charge in [0.25, 0.3) is 0 Å². The largest absolute Gasteiger partial charge is 0.476 e. The molecule has 0 atom stereocenters. The van der Waals surface area contributed by atoms with Crippen LogP contribution in [0.4, 0.5) is 0 Å². The van der Waals surface area contributed by atoms with Crippen LogP contribution in [0.3, 0.4) is 0 Å². The number of nitrogens with zero attached hydrogens (tertiary/aromatic N) is 3. The molecule has 1 amide bonds. The van der Waals surface area contributed by atoms with Crippen molar-refractivity contribution in [2.75, 3.05) is 18.6 Å².